The van der Waals surface area contributed by atoms with Crippen LogP contribution in [-0.4, -0.2) is 33.4 Å². The van der Waals surface area contributed by atoms with Crippen LogP contribution in [0.4, 0.5) is 13.2 Å². The second-order valence-electron chi connectivity index (χ2n) is 5.84. The van der Waals surface area contributed by atoms with Gasteiger partial charge in [-0.2, -0.15) is 13.2 Å². The molecule has 0 saturated heterocycles. The molecule has 2 aromatic carbocycles. The van der Waals surface area contributed by atoms with Gasteiger partial charge in [-0.25, -0.2) is 12.7 Å². The summed E-state index contributed by atoms with van der Waals surface area (Å²) in [6, 6.07) is 11.6. The van der Waals surface area contributed by atoms with Crippen molar-refractivity contribution in [3.63, 3.8) is 0 Å². The fourth-order valence-corrected chi connectivity index (χ4v) is 3.68. The van der Waals surface area contributed by atoms with Crippen molar-refractivity contribution in [3.05, 3.63) is 65.2 Å². The summed E-state index contributed by atoms with van der Waals surface area (Å²) in [5.41, 5.74) is 0.0990. The number of halogens is 3. The number of benzene rings is 2. The summed E-state index contributed by atoms with van der Waals surface area (Å²) in [6.07, 6.45) is -4.07. The van der Waals surface area contributed by atoms with E-state index in [1.807, 2.05) is 18.2 Å². The highest BCUT2D eigenvalue weighted by atomic mass is 32.2. The van der Waals surface area contributed by atoms with Crippen molar-refractivity contribution in [1.29, 1.82) is 0 Å². The molecule has 0 aliphatic heterocycles. The van der Waals surface area contributed by atoms with Crippen molar-refractivity contribution >= 4 is 10.0 Å². The smallest absolute Gasteiger partial charge is 0.416 e. The van der Waals surface area contributed by atoms with Crippen LogP contribution in [0, 0.1) is 0 Å². The van der Waals surface area contributed by atoms with Gasteiger partial charge in [-0.1, -0.05) is 36.4 Å². The normalized spacial score (nSPS) is 12.4. The van der Waals surface area contributed by atoms with Crippen LogP contribution in [0.15, 0.2) is 48.5 Å². The number of methoxy groups -OCH3 is 1. The number of ether oxygens (including phenoxy) is 1. The summed E-state index contributed by atoms with van der Waals surface area (Å²) >= 11 is 0. The Hall–Kier alpha value is -2.06. The number of sulfonamides is 1. The van der Waals surface area contributed by atoms with Crippen molar-refractivity contribution in [2.24, 2.45) is 0 Å². The standard InChI is InChI=1S/C18H20F3NO3S/c1-22(11-10-15-7-3-4-9-17(15)25-2)26(23,24)13-14-6-5-8-16(12-14)18(19,20)21/h3-9,12H,10-11,13H2,1-2H3. The molecule has 0 aliphatic carbocycles. The third kappa shape index (κ3) is 5.22. The van der Waals surface area contributed by atoms with E-state index in [1.54, 1.807) is 6.07 Å². The highest BCUT2D eigenvalue weighted by Gasteiger charge is 2.31. The summed E-state index contributed by atoms with van der Waals surface area (Å²) < 4.78 is 69.6. The third-order valence-corrected chi connectivity index (χ3v) is 5.80. The Kier molecular flexibility index (Phi) is 6.30. The minimum Gasteiger partial charge on any atom is -0.496 e. The Labute approximate surface area is 151 Å². The molecule has 0 aromatic heterocycles. The lowest BCUT2D eigenvalue weighted by atomic mass is 10.1. The maximum Gasteiger partial charge on any atom is 0.416 e. The SMILES string of the molecule is COc1ccccc1CCN(C)S(=O)(=O)Cc1cccc(C(F)(F)F)c1. The number of alkyl halides is 3. The maximum absolute atomic E-state index is 12.8. The van der Waals surface area contributed by atoms with Gasteiger partial charge in [0.2, 0.25) is 10.0 Å². The molecule has 0 unspecified atom stereocenters. The van der Waals surface area contributed by atoms with Crippen molar-refractivity contribution in [2.45, 2.75) is 18.3 Å². The van der Waals surface area contributed by atoms with E-state index in [0.29, 0.717) is 12.2 Å². The summed E-state index contributed by atoms with van der Waals surface area (Å²) in [7, 11) is -0.790. The van der Waals surface area contributed by atoms with Crippen molar-refractivity contribution in [1.82, 2.24) is 4.31 Å². The van der Waals surface area contributed by atoms with E-state index in [1.165, 1.54) is 26.3 Å². The molecule has 2 rings (SSSR count). The highest BCUT2D eigenvalue weighted by Crippen LogP contribution is 2.30. The van der Waals surface area contributed by atoms with Crippen molar-refractivity contribution < 1.29 is 26.3 Å². The fourth-order valence-electron chi connectivity index (χ4n) is 2.48. The number of para-hydroxylation sites is 1. The van der Waals surface area contributed by atoms with Gasteiger partial charge in [0.1, 0.15) is 5.75 Å². The van der Waals surface area contributed by atoms with Gasteiger partial charge in [0.05, 0.1) is 18.4 Å². The molecule has 26 heavy (non-hydrogen) atoms. The van der Waals surface area contributed by atoms with E-state index in [0.717, 1.165) is 22.0 Å². The average Bonchev–Trinajstić information content (AvgIpc) is 2.59. The number of hydrogen-bond donors (Lipinski definition) is 0. The first-order valence-electron chi connectivity index (χ1n) is 7.85. The molecule has 8 heteroatoms. The second kappa shape index (κ2) is 8.09. The number of nitrogens with zero attached hydrogens (tertiary/aromatic N) is 1. The van der Waals surface area contributed by atoms with Gasteiger partial charge < -0.3 is 4.74 Å². The molecule has 0 atom stereocenters. The monoisotopic (exact) mass is 387 g/mol. The van der Waals surface area contributed by atoms with Crippen LogP contribution in [-0.2, 0) is 28.4 Å². The van der Waals surface area contributed by atoms with E-state index in [2.05, 4.69) is 0 Å². The van der Waals surface area contributed by atoms with E-state index in [4.69, 9.17) is 4.74 Å². The molecule has 0 fully saturated rings. The first-order valence-corrected chi connectivity index (χ1v) is 9.46. The Morgan fingerprint density at radius 1 is 1.08 bits per heavy atom. The van der Waals surface area contributed by atoms with Crippen molar-refractivity contribution in [3.8, 4) is 5.75 Å². The Balaban J connectivity index is 2.07. The minimum absolute atomic E-state index is 0.101. The number of likely N-dealkylation sites (N-methyl/N-ethyl adjacent to an activating group) is 1. The molecule has 0 saturated carbocycles. The Morgan fingerprint density at radius 3 is 2.42 bits per heavy atom. The fraction of sp³-hybridized carbons (Fsp3) is 0.333. The number of hydrogen-bond acceptors (Lipinski definition) is 3. The molecule has 0 radical (unpaired) electrons. The van der Waals surface area contributed by atoms with Gasteiger partial charge in [-0.15, -0.1) is 0 Å². The van der Waals surface area contributed by atoms with Gasteiger partial charge >= 0.3 is 6.18 Å². The first-order chi connectivity index (χ1) is 12.1. The molecule has 0 aliphatic rings. The average molecular weight is 387 g/mol. The van der Waals surface area contributed by atoms with Crippen LogP contribution in [0.25, 0.3) is 0 Å². The summed E-state index contributed by atoms with van der Waals surface area (Å²) in [5, 5.41) is 0. The van der Waals surface area contributed by atoms with Crippen LogP contribution in [0.5, 0.6) is 5.75 Å². The largest absolute Gasteiger partial charge is 0.496 e. The van der Waals surface area contributed by atoms with Gasteiger partial charge in [0.25, 0.3) is 0 Å². The summed E-state index contributed by atoms with van der Waals surface area (Å²) in [5.74, 6) is 0.176. The van der Waals surface area contributed by atoms with E-state index in [9.17, 15) is 21.6 Å². The Bertz CT molecular complexity index is 851. The van der Waals surface area contributed by atoms with Gasteiger partial charge in [0.15, 0.2) is 0 Å². The van der Waals surface area contributed by atoms with Gasteiger partial charge in [-0.05, 0) is 29.7 Å². The maximum atomic E-state index is 12.8. The van der Waals surface area contributed by atoms with Crippen LogP contribution in [0.2, 0.25) is 0 Å². The number of rotatable bonds is 7. The molecule has 0 N–H and O–H groups in total. The predicted molar refractivity (Wildman–Crippen MR) is 93.4 cm³/mol. The van der Waals surface area contributed by atoms with Crippen molar-refractivity contribution in [2.75, 3.05) is 20.7 Å². The van der Waals surface area contributed by atoms with Gasteiger partial charge in [-0.3, -0.25) is 0 Å². The lowest BCUT2D eigenvalue weighted by Gasteiger charge is -2.18. The molecule has 0 amide bonds. The van der Waals surface area contributed by atoms with Crippen LogP contribution in [0.3, 0.4) is 0 Å². The molecule has 4 nitrogen and oxygen atoms in total. The van der Waals surface area contributed by atoms with Crippen LogP contribution >= 0.6 is 0 Å². The summed E-state index contributed by atoms with van der Waals surface area (Å²) in [4.78, 5) is 0. The minimum atomic E-state index is -4.50. The highest BCUT2D eigenvalue weighted by molar-refractivity contribution is 7.88. The first kappa shape index (κ1) is 20.3. The second-order valence-corrected chi connectivity index (χ2v) is 7.91. The predicted octanol–water partition coefficient (Wildman–Crippen LogP) is 3.72. The Morgan fingerprint density at radius 2 is 1.77 bits per heavy atom. The quantitative estimate of drug-likeness (QED) is 0.728. The molecule has 2 aromatic rings. The zero-order valence-electron chi connectivity index (χ0n) is 14.5. The summed E-state index contributed by atoms with van der Waals surface area (Å²) in [6.45, 7) is 0.196. The lowest BCUT2D eigenvalue weighted by Crippen LogP contribution is -2.30. The molecule has 0 heterocycles. The topological polar surface area (TPSA) is 46.6 Å². The molecular formula is C18H20F3NO3S. The third-order valence-electron chi connectivity index (χ3n) is 3.97. The molecular weight excluding hydrogens is 367 g/mol. The zero-order valence-corrected chi connectivity index (χ0v) is 15.3. The molecule has 0 bridgehead atoms. The zero-order chi connectivity index (χ0) is 19.4. The van der Waals surface area contributed by atoms with Crippen LogP contribution in [0.1, 0.15) is 16.7 Å². The van der Waals surface area contributed by atoms with E-state index in [-0.39, 0.29) is 12.1 Å². The van der Waals surface area contributed by atoms with E-state index < -0.39 is 27.5 Å². The molecule has 0 spiro atoms. The van der Waals surface area contributed by atoms with Gasteiger partial charge in [0, 0.05) is 13.6 Å². The molecule has 142 valence electrons. The van der Waals surface area contributed by atoms with E-state index >= 15 is 0 Å². The lowest BCUT2D eigenvalue weighted by molar-refractivity contribution is -0.137. The van der Waals surface area contributed by atoms with Crippen LogP contribution < -0.4 is 4.74 Å².